The van der Waals surface area contributed by atoms with Crippen molar-refractivity contribution in [1.29, 1.82) is 5.26 Å². The Morgan fingerprint density at radius 1 is 1.15 bits per heavy atom. The molecule has 1 unspecified atom stereocenters. The fourth-order valence-corrected chi connectivity index (χ4v) is 2.47. The Morgan fingerprint density at radius 3 is 2.50 bits per heavy atom. The molecule has 3 heteroatoms. The van der Waals surface area contributed by atoms with Crippen LogP contribution in [0.3, 0.4) is 0 Å². The van der Waals surface area contributed by atoms with Crippen molar-refractivity contribution in [2.45, 2.75) is 24.4 Å². The van der Waals surface area contributed by atoms with E-state index in [0.29, 0.717) is 6.54 Å². The maximum Gasteiger partial charge on any atom is 0.0995 e. The molecule has 2 nitrogen and oxygen atoms in total. The van der Waals surface area contributed by atoms with Gasteiger partial charge in [-0.3, -0.25) is 0 Å². The Labute approximate surface area is 124 Å². The third-order valence-electron chi connectivity index (χ3n) is 3.35. The van der Waals surface area contributed by atoms with E-state index in [9.17, 15) is 0 Å². The van der Waals surface area contributed by atoms with Gasteiger partial charge in [-0.25, -0.2) is 0 Å². The molecular weight excluding hydrogens is 264 g/mol. The lowest BCUT2D eigenvalue weighted by Gasteiger charge is -2.15. The average molecular weight is 282 g/mol. The van der Waals surface area contributed by atoms with Crippen molar-refractivity contribution < 1.29 is 0 Å². The fraction of sp³-hybridized carbons (Fsp3) is 0.235. The van der Waals surface area contributed by atoms with Gasteiger partial charge in [0.15, 0.2) is 0 Å². The Kier molecular flexibility index (Phi) is 5.23. The highest BCUT2D eigenvalue weighted by atomic mass is 32.2. The average Bonchev–Trinajstić information content (AvgIpc) is 2.53. The van der Waals surface area contributed by atoms with E-state index < -0.39 is 0 Å². The van der Waals surface area contributed by atoms with Crippen LogP contribution in [-0.4, -0.2) is 6.26 Å². The van der Waals surface area contributed by atoms with E-state index in [2.05, 4.69) is 48.8 Å². The van der Waals surface area contributed by atoms with E-state index in [4.69, 9.17) is 5.26 Å². The lowest BCUT2D eigenvalue weighted by molar-refractivity contribution is 0.574. The normalized spacial score (nSPS) is 11.8. The first-order valence-electron chi connectivity index (χ1n) is 6.60. The van der Waals surface area contributed by atoms with E-state index in [0.717, 1.165) is 11.1 Å². The molecule has 0 radical (unpaired) electrons. The molecule has 2 rings (SSSR count). The molecule has 2 aromatic carbocycles. The zero-order chi connectivity index (χ0) is 14.4. The molecular formula is C17H18N2S. The van der Waals surface area contributed by atoms with Crippen molar-refractivity contribution in [3.8, 4) is 6.07 Å². The number of hydrogen-bond donors (Lipinski definition) is 1. The predicted octanol–water partition coefficient (Wildman–Crippen LogP) is 4.13. The van der Waals surface area contributed by atoms with E-state index in [1.165, 1.54) is 10.5 Å². The van der Waals surface area contributed by atoms with Gasteiger partial charge in [0, 0.05) is 17.5 Å². The summed E-state index contributed by atoms with van der Waals surface area (Å²) in [6.45, 7) is 2.85. The minimum Gasteiger partial charge on any atom is -0.306 e. The van der Waals surface area contributed by atoms with Gasteiger partial charge in [-0.15, -0.1) is 11.8 Å². The molecule has 0 aliphatic carbocycles. The second-order valence-corrected chi connectivity index (χ2v) is 5.52. The van der Waals surface area contributed by atoms with Gasteiger partial charge in [0.2, 0.25) is 0 Å². The second-order valence-electron chi connectivity index (χ2n) is 4.64. The molecule has 0 aromatic heterocycles. The Morgan fingerprint density at radius 2 is 1.85 bits per heavy atom. The van der Waals surface area contributed by atoms with Crippen molar-refractivity contribution in [1.82, 2.24) is 5.32 Å². The Hall–Kier alpha value is -1.76. The van der Waals surface area contributed by atoms with Crippen LogP contribution < -0.4 is 5.32 Å². The maximum atomic E-state index is 9.08. The number of nitriles is 1. The number of nitrogens with one attached hydrogen (secondary N) is 1. The maximum absolute atomic E-state index is 9.08. The van der Waals surface area contributed by atoms with Crippen molar-refractivity contribution in [2.24, 2.45) is 0 Å². The first-order chi connectivity index (χ1) is 9.74. The SMILES string of the molecule is CSc1ccc(C(C)NCc2ccccc2C#N)cc1. The van der Waals surface area contributed by atoms with Gasteiger partial charge in [-0.1, -0.05) is 30.3 Å². The lowest BCUT2D eigenvalue weighted by Crippen LogP contribution is -2.18. The Balaban J connectivity index is 2.01. The molecule has 20 heavy (non-hydrogen) atoms. The molecule has 0 fully saturated rings. The summed E-state index contributed by atoms with van der Waals surface area (Å²) < 4.78 is 0. The third-order valence-corrected chi connectivity index (χ3v) is 4.10. The molecule has 0 aliphatic heterocycles. The molecule has 1 N–H and O–H groups in total. The van der Waals surface area contributed by atoms with Crippen LogP contribution in [0.1, 0.15) is 29.7 Å². The van der Waals surface area contributed by atoms with Crippen molar-refractivity contribution in [3.63, 3.8) is 0 Å². The standard InChI is InChI=1S/C17H18N2S/c1-13(14-7-9-17(20-2)10-8-14)19-12-16-6-4-3-5-15(16)11-18/h3-10,13,19H,12H2,1-2H3. The van der Waals surface area contributed by atoms with Gasteiger partial charge in [0.05, 0.1) is 11.6 Å². The summed E-state index contributed by atoms with van der Waals surface area (Å²) in [6, 6.07) is 18.8. The van der Waals surface area contributed by atoms with Gasteiger partial charge in [-0.2, -0.15) is 5.26 Å². The van der Waals surface area contributed by atoms with E-state index in [1.807, 2.05) is 24.3 Å². The quantitative estimate of drug-likeness (QED) is 0.838. The van der Waals surface area contributed by atoms with Gasteiger partial charge >= 0.3 is 0 Å². The monoisotopic (exact) mass is 282 g/mol. The number of benzene rings is 2. The number of thioether (sulfide) groups is 1. The third kappa shape index (κ3) is 3.63. The molecule has 0 aliphatic rings. The predicted molar refractivity (Wildman–Crippen MR) is 84.6 cm³/mol. The van der Waals surface area contributed by atoms with Crippen molar-refractivity contribution in [3.05, 3.63) is 65.2 Å². The van der Waals surface area contributed by atoms with Crippen molar-refractivity contribution >= 4 is 11.8 Å². The van der Waals surface area contributed by atoms with Gasteiger partial charge in [0.1, 0.15) is 0 Å². The molecule has 0 amide bonds. The molecule has 0 spiro atoms. The van der Waals surface area contributed by atoms with Crippen LogP contribution in [0.2, 0.25) is 0 Å². The van der Waals surface area contributed by atoms with E-state index >= 15 is 0 Å². The molecule has 2 aromatic rings. The summed E-state index contributed by atoms with van der Waals surface area (Å²) in [4.78, 5) is 1.27. The van der Waals surface area contributed by atoms with E-state index in [-0.39, 0.29) is 6.04 Å². The summed E-state index contributed by atoms with van der Waals surface area (Å²) in [5.41, 5.74) is 3.05. The summed E-state index contributed by atoms with van der Waals surface area (Å²) >= 11 is 1.75. The highest BCUT2D eigenvalue weighted by molar-refractivity contribution is 7.98. The molecule has 102 valence electrons. The topological polar surface area (TPSA) is 35.8 Å². The van der Waals surface area contributed by atoms with Crippen LogP contribution in [0, 0.1) is 11.3 Å². The molecule has 0 heterocycles. The number of nitrogens with zero attached hydrogens (tertiary/aromatic N) is 1. The summed E-state index contributed by atoms with van der Waals surface area (Å²) in [6.07, 6.45) is 2.08. The molecule has 0 saturated heterocycles. The van der Waals surface area contributed by atoms with Gasteiger partial charge in [-0.05, 0) is 42.5 Å². The van der Waals surface area contributed by atoms with Crippen LogP contribution in [0.4, 0.5) is 0 Å². The summed E-state index contributed by atoms with van der Waals surface area (Å²) in [7, 11) is 0. The first-order valence-corrected chi connectivity index (χ1v) is 7.82. The summed E-state index contributed by atoms with van der Waals surface area (Å²) in [5.74, 6) is 0. The first kappa shape index (κ1) is 14.6. The largest absolute Gasteiger partial charge is 0.306 e. The zero-order valence-corrected chi connectivity index (χ0v) is 12.6. The van der Waals surface area contributed by atoms with Crippen LogP contribution in [-0.2, 0) is 6.54 Å². The van der Waals surface area contributed by atoms with Gasteiger partial charge in [0.25, 0.3) is 0 Å². The number of rotatable bonds is 5. The minimum absolute atomic E-state index is 0.262. The van der Waals surface area contributed by atoms with Crippen LogP contribution in [0.25, 0.3) is 0 Å². The lowest BCUT2D eigenvalue weighted by atomic mass is 10.1. The van der Waals surface area contributed by atoms with Crippen LogP contribution >= 0.6 is 11.8 Å². The Bertz CT molecular complexity index is 599. The molecule has 0 bridgehead atoms. The summed E-state index contributed by atoms with van der Waals surface area (Å²) in [5, 5.41) is 12.5. The van der Waals surface area contributed by atoms with Gasteiger partial charge < -0.3 is 5.32 Å². The van der Waals surface area contributed by atoms with Crippen LogP contribution in [0.15, 0.2) is 53.4 Å². The van der Waals surface area contributed by atoms with Crippen LogP contribution in [0.5, 0.6) is 0 Å². The number of hydrogen-bond acceptors (Lipinski definition) is 3. The molecule has 1 atom stereocenters. The molecule has 0 saturated carbocycles. The highest BCUT2D eigenvalue weighted by Gasteiger charge is 2.06. The second kappa shape index (κ2) is 7.14. The minimum atomic E-state index is 0.262. The highest BCUT2D eigenvalue weighted by Crippen LogP contribution is 2.19. The fourth-order valence-electron chi connectivity index (χ4n) is 2.06. The van der Waals surface area contributed by atoms with Crippen molar-refractivity contribution in [2.75, 3.05) is 6.26 Å². The smallest absolute Gasteiger partial charge is 0.0995 e. The van der Waals surface area contributed by atoms with E-state index in [1.54, 1.807) is 11.8 Å². The zero-order valence-electron chi connectivity index (χ0n) is 11.8.